The van der Waals surface area contributed by atoms with Crippen molar-refractivity contribution in [3.05, 3.63) is 48.3 Å². The van der Waals surface area contributed by atoms with Crippen molar-refractivity contribution in [2.24, 2.45) is 0 Å². The Hall–Kier alpha value is -1.81. The molecule has 0 aliphatic heterocycles. The van der Waals surface area contributed by atoms with E-state index in [1.807, 2.05) is 18.2 Å². The Morgan fingerprint density at radius 3 is 2.47 bits per heavy atom. The zero-order valence-electron chi connectivity index (χ0n) is 7.70. The number of hydrogen-bond acceptors (Lipinski definition) is 2. The van der Waals surface area contributed by atoms with Gasteiger partial charge in [0.25, 0.3) is 0 Å². The van der Waals surface area contributed by atoms with Gasteiger partial charge in [-0.25, -0.2) is 9.48 Å². The highest BCUT2D eigenvalue weighted by atomic mass is 35.5. The predicted molar refractivity (Wildman–Crippen MR) is 57.8 cm³/mol. The predicted octanol–water partition coefficient (Wildman–Crippen LogP) is 1.99. The Morgan fingerprint density at radius 2 is 1.87 bits per heavy atom. The second kappa shape index (κ2) is 4.61. The molecule has 0 spiro atoms. The molecule has 1 heterocycles. The quantitative estimate of drug-likeness (QED) is 0.849. The van der Waals surface area contributed by atoms with Crippen LogP contribution in [-0.2, 0) is 0 Å². The molecule has 0 saturated carbocycles. The third kappa shape index (κ3) is 2.16. The van der Waals surface area contributed by atoms with E-state index in [2.05, 4.69) is 5.10 Å². The van der Waals surface area contributed by atoms with Crippen LogP contribution in [0.1, 0.15) is 10.5 Å². The summed E-state index contributed by atoms with van der Waals surface area (Å²) in [6.07, 6.45) is 1.47. The molecular weight excluding hydrogens is 216 g/mol. The normalized spacial score (nSPS) is 9.33. The number of halogens is 1. The van der Waals surface area contributed by atoms with Gasteiger partial charge in [0.15, 0.2) is 5.69 Å². The Morgan fingerprint density at radius 1 is 1.20 bits per heavy atom. The van der Waals surface area contributed by atoms with Crippen molar-refractivity contribution < 1.29 is 9.90 Å². The summed E-state index contributed by atoms with van der Waals surface area (Å²) in [6.45, 7) is 0. The monoisotopic (exact) mass is 224 g/mol. The van der Waals surface area contributed by atoms with E-state index in [9.17, 15) is 4.79 Å². The summed E-state index contributed by atoms with van der Waals surface area (Å²) in [5.41, 5.74) is 0.908. The van der Waals surface area contributed by atoms with Crippen LogP contribution in [0.25, 0.3) is 5.69 Å². The van der Waals surface area contributed by atoms with Crippen LogP contribution in [0.4, 0.5) is 0 Å². The van der Waals surface area contributed by atoms with E-state index in [1.165, 1.54) is 16.9 Å². The second-order valence-corrected chi connectivity index (χ2v) is 2.77. The summed E-state index contributed by atoms with van der Waals surface area (Å²) in [5.74, 6) is -0.980. The zero-order chi connectivity index (χ0) is 9.97. The Bertz CT molecular complexity index is 453. The van der Waals surface area contributed by atoms with Crippen molar-refractivity contribution in [3.8, 4) is 5.69 Å². The molecule has 0 bridgehead atoms. The molecule has 1 aromatic carbocycles. The van der Waals surface area contributed by atoms with Crippen molar-refractivity contribution in [1.82, 2.24) is 9.78 Å². The van der Waals surface area contributed by atoms with E-state index in [4.69, 9.17) is 5.11 Å². The van der Waals surface area contributed by atoms with Crippen LogP contribution in [0.15, 0.2) is 42.6 Å². The summed E-state index contributed by atoms with van der Waals surface area (Å²) < 4.78 is 1.39. The second-order valence-electron chi connectivity index (χ2n) is 2.77. The first-order valence-corrected chi connectivity index (χ1v) is 4.12. The van der Waals surface area contributed by atoms with Gasteiger partial charge in [-0.2, -0.15) is 5.10 Å². The van der Waals surface area contributed by atoms with Crippen molar-refractivity contribution in [1.29, 1.82) is 0 Å². The minimum absolute atomic E-state index is 0. The number of nitrogens with zero attached hydrogens (tertiary/aromatic N) is 2. The molecule has 0 saturated heterocycles. The number of carboxylic acid groups (broad SMARTS) is 1. The van der Waals surface area contributed by atoms with Gasteiger partial charge in [-0.1, -0.05) is 18.2 Å². The lowest BCUT2D eigenvalue weighted by molar-refractivity contribution is 0.0687. The van der Waals surface area contributed by atoms with Gasteiger partial charge in [-0.15, -0.1) is 12.4 Å². The molecule has 78 valence electrons. The molecule has 0 unspecified atom stereocenters. The number of benzene rings is 1. The third-order valence-corrected chi connectivity index (χ3v) is 1.86. The van der Waals surface area contributed by atoms with Crippen LogP contribution in [0.2, 0.25) is 0 Å². The molecule has 0 fully saturated rings. The van der Waals surface area contributed by atoms with E-state index >= 15 is 0 Å². The summed E-state index contributed by atoms with van der Waals surface area (Å²) in [7, 11) is 0. The maximum atomic E-state index is 10.8. The first kappa shape index (κ1) is 11.3. The number of carbonyl (C=O) groups is 1. The van der Waals surface area contributed by atoms with E-state index in [0.717, 1.165) is 5.69 Å². The number of rotatable bonds is 2. The van der Waals surface area contributed by atoms with Gasteiger partial charge in [-0.05, 0) is 18.2 Å². The number of aromatic carboxylic acids is 1. The molecular formula is C10H9ClN2O2. The van der Waals surface area contributed by atoms with Crippen molar-refractivity contribution in [3.63, 3.8) is 0 Å². The van der Waals surface area contributed by atoms with Crippen LogP contribution >= 0.6 is 12.4 Å². The molecule has 0 amide bonds. The average Bonchev–Trinajstić information content (AvgIpc) is 2.67. The lowest BCUT2D eigenvalue weighted by Gasteiger charge is -2.02. The number of para-hydroxylation sites is 1. The molecule has 5 heteroatoms. The van der Waals surface area contributed by atoms with Crippen molar-refractivity contribution >= 4 is 18.4 Å². The summed E-state index contributed by atoms with van der Waals surface area (Å²) in [5, 5.41) is 12.8. The molecule has 2 rings (SSSR count). The standard InChI is InChI=1S/C10H8N2O2.ClH/c13-10(14)9-6-7-11-12(9)8-4-2-1-3-5-8;/h1-7H,(H,13,14);1H. The van der Waals surface area contributed by atoms with E-state index in [1.54, 1.807) is 12.1 Å². The van der Waals surface area contributed by atoms with Crippen LogP contribution in [0.5, 0.6) is 0 Å². The van der Waals surface area contributed by atoms with Gasteiger partial charge in [0.05, 0.1) is 11.9 Å². The lowest BCUT2D eigenvalue weighted by atomic mass is 10.3. The molecule has 0 atom stereocenters. The first-order chi connectivity index (χ1) is 6.79. The summed E-state index contributed by atoms with van der Waals surface area (Å²) in [6, 6.07) is 10.6. The zero-order valence-corrected chi connectivity index (χ0v) is 8.52. The molecule has 15 heavy (non-hydrogen) atoms. The van der Waals surface area contributed by atoms with Crippen LogP contribution in [-0.4, -0.2) is 20.9 Å². The highest BCUT2D eigenvalue weighted by Crippen LogP contribution is 2.09. The van der Waals surface area contributed by atoms with Crippen molar-refractivity contribution in [2.75, 3.05) is 0 Å². The van der Waals surface area contributed by atoms with Crippen molar-refractivity contribution in [2.45, 2.75) is 0 Å². The van der Waals surface area contributed by atoms with Crippen LogP contribution < -0.4 is 0 Å². The van der Waals surface area contributed by atoms with E-state index < -0.39 is 5.97 Å². The molecule has 0 radical (unpaired) electrons. The number of hydrogen-bond donors (Lipinski definition) is 1. The highest BCUT2D eigenvalue weighted by Gasteiger charge is 2.10. The first-order valence-electron chi connectivity index (χ1n) is 4.12. The SMILES string of the molecule is Cl.O=C(O)c1ccnn1-c1ccccc1. The highest BCUT2D eigenvalue weighted by molar-refractivity contribution is 5.86. The molecule has 2 aromatic rings. The van der Waals surface area contributed by atoms with Gasteiger partial charge < -0.3 is 5.11 Å². The molecule has 1 N–H and O–H groups in total. The Labute approximate surface area is 92.6 Å². The Kier molecular flexibility index (Phi) is 3.46. The number of carboxylic acids is 1. The van der Waals surface area contributed by atoms with Gasteiger partial charge in [0.2, 0.25) is 0 Å². The molecule has 1 aromatic heterocycles. The fourth-order valence-corrected chi connectivity index (χ4v) is 1.24. The smallest absolute Gasteiger partial charge is 0.354 e. The van der Waals surface area contributed by atoms with Crippen LogP contribution in [0, 0.1) is 0 Å². The minimum Gasteiger partial charge on any atom is -0.477 e. The van der Waals surface area contributed by atoms with Gasteiger partial charge >= 0.3 is 5.97 Å². The summed E-state index contributed by atoms with van der Waals surface area (Å²) in [4.78, 5) is 10.8. The van der Waals surface area contributed by atoms with Gasteiger partial charge in [0.1, 0.15) is 0 Å². The topological polar surface area (TPSA) is 55.1 Å². The van der Waals surface area contributed by atoms with E-state index in [-0.39, 0.29) is 18.1 Å². The Balaban J connectivity index is 0.00000112. The average molecular weight is 225 g/mol. The van der Waals surface area contributed by atoms with E-state index in [0.29, 0.717) is 0 Å². The third-order valence-electron chi connectivity index (χ3n) is 1.86. The van der Waals surface area contributed by atoms with Gasteiger partial charge in [-0.3, -0.25) is 0 Å². The largest absolute Gasteiger partial charge is 0.477 e. The summed E-state index contributed by atoms with van der Waals surface area (Å²) >= 11 is 0. The fraction of sp³-hybridized carbons (Fsp3) is 0. The molecule has 0 aliphatic carbocycles. The molecule has 0 aliphatic rings. The maximum Gasteiger partial charge on any atom is 0.354 e. The number of aromatic nitrogens is 2. The lowest BCUT2D eigenvalue weighted by Crippen LogP contribution is -2.07. The molecule has 4 nitrogen and oxygen atoms in total. The maximum absolute atomic E-state index is 10.8. The fourth-order valence-electron chi connectivity index (χ4n) is 1.24. The van der Waals surface area contributed by atoms with Crippen LogP contribution in [0.3, 0.4) is 0 Å². The van der Waals surface area contributed by atoms with Gasteiger partial charge in [0, 0.05) is 0 Å². The minimum atomic E-state index is -0.980.